The van der Waals surface area contributed by atoms with E-state index in [4.69, 9.17) is 16.0 Å². The average molecular weight is 467 g/mol. The quantitative estimate of drug-likeness (QED) is 0.401. The standard InChI is InChI=1S/C16H20ClFN4O.HI/c1-10-11(2)23-15(22-10)9-21-16(19-3)20-8-7-12-13(17)5-4-6-14(12)18;/h4-6H,7-9H2,1-3H3,(H2,19,20,21);1H. The van der Waals surface area contributed by atoms with Crippen LogP contribution in [-0.2, 0) is 13.0 Å². The molecule has 0 saturated heterocycles. The van der Waals surface area contributed by atoms with Gasteiger partial charge >= 0.3 is 0 Å². The minimum atomic E-state index is -0.298. The lowest BCUT2D eigenvalue weighted by atomic mass is 10.1. The van der Waals surface area contributed by atoms with Crippen molar-refractivity contribution in [2.45, 2.75) is 26.8 Å². The van der Waals surface area contributed by atoms with Crippen LogP contribution in [0.15, 0.2) is 27.6 Å². The lowest BCUT2D eigenvalue weighted by molar-refractivity contribution is 0.463. The molecule has 0 unspecified atom stereocenters. The van der Waals surface area contributed by atoms with E-state index in [1.807, 2.05) is 13.8 Å². The molecule has 0 spiro atoms. The number of aliphatic imine (C=N–C) groups is 1. The van der Waals surface area contributed by atoms with Gasteiger partial charge in [0.2, 0.25) is 5.89 Å². The Labute approximate surface area is 163 Å². The van der Waals surface area contributed by atoms with Crippen LogP contribution in [0.25, 0.3) is 0 Å². The number of aromatic nitrogens is 1. The molecule has 0 bridgehead atoms. The van der Waals surface area contributed by atoms with Crippen molar-refractivity contribution in [1.82, 2.24) is 15.6 Å². The average Bonchev–Trinajstić information content (AvgIpc) is 2.84. The molecule has 2 aromatic rings. The number of hydrogen-bond acceptors (Lipinski definition) is 3. The van der Waals surface area contributed by atoms with Crippen molar-refractivity contribution in [2.24, 2.45) is 4.99 Å². The van der Waals surface area contributed by atoms with Crippen molar-refractivity contribution in [3.8, 4) is 0 Å². The van der Waals surface area contributed by atoms with Gasteiger partial charge in [-0.25, -0.2) is 9.37 Å². The number of nitrogens with zero attached hydrogens (tertiary/aromatic N) is 2. The molecule has 0 amide bonds. The molecule has 2 rings (SSSR count). The third kappa shape index (κ3) is 5.62. The smallest absolute Gasteiger partial charge is 0.214 e. The third-order valence-electron chi connectivity index (χ3n) is 3.43. The Balaban J connectivity index is 0.00000288. The van der Waals surface area contributed by atoms with Crippen LogP contribution in [0.3, 0.4) is 0 Å². The summed E-state index contributed by atoms with van der Waals surface area (Å²) in [5, 5.41) is 6.64. The fourth-order valence-corrected chi connectivity index (χ4v) is 2.33. The molecule has 1 aromatic carbocycles. The van der Waals surface area contributed by atoms with Crippen LogP contribution >= 0.6 is 35.6 Å². The summed E-state index contributed by atoms with van der Waals surface area (Å²) in [6.07, 6.45) is 0.462. The summed E-state index contributed by atoms with van der Waals surface area (Å²) in [5.74, 6) is 1.69. The molecule has 0 aliphatic rings. The Morgan fingerprint density at radius 3 is 2.67 bits per heavy atom. The number of hydrogen-bond donors (Lipinski definition) is 2. The highest BCUT2D eigenvalue weighted by atomic mass is 127. The summed E-state index contributed by atoms with van der Waals surface area (Å²) >= 11 is 6.00. The molecular weight excluding hydrogens is 446 g/mol. The highest BCUT2D eigenvalue weighted by molar-refractivity contribution is 14.0. The van der Waals surface area contributed by atoms with Crippen LogP contribution in [0.2, 0.25) is 5.02 Å². The van der Waals surface area contributed by atoms with Crippen LogP contribution in [0.5, 0.6) is 0 Å². The maximum atomic E-state index is 13.7. The van der Waals surface area contributed by atoms with Gasteiger partial charge in [-0.15, -0.1) is 24.0 Å². The largest absolute Gasteiger partial charge is 0.444 e. The molecule has 5 nitrogen and oxygen atoms in total. The summed E-state index contributed by atoms with van der Waals surface area (Å²) in [6, 6.07) is 4.68. The summed E-state index contributed by atoms with van der Waals surface area (Å²) in [6.45, 7) is 4.70. The van der Waals surface area contributed by atoms with E-state index in [0.717, 1.165) is 11.5 Å². The van der Waals surface area contributed by atoms with E-state index in [9.17, 15) is 4.39 Å². The molecule has 0 aliphatic carbocycles. The molecule has 24 heavy (non-hydrogen) atoms. The molecule has 0 atom stereocenters. The number of halogens is 3. The molecule has 1 aromatic heterocycles. The van der Waals surface area contributed by atoms with E-state index in [0.29, 0.717) is 41.9 Å². The maximum Gasteiger partial charge on any atom is 0.214 e. The zero-order valence-corrected chi connectivity index (χ0v) is 16.9. The lowest BCUT2D eigenvalue weighted by Crippen LogP contribution is -2.38. The van der Waals surface area contributed by atoms with Gasteiger partial charge in [0.05, 0.1) is 12.2 Å². The van der Waals surface area contributed by atoms with E-state index < -0.39 is 0 Å². The number of guanidine groups is 1. The summed E-state index contributed by atoms with van der Waals surface area (Å²) in [7, 11) is 1.66. The van der Waals surface area contributed by atoms with Gasteiger partial charge in [-0.05, 0) is 32.4 Å². The van der Waals surface area contributed by atoms with Crippen LogP contribution in [0.4, 0.5) is 4.39 Å². The predicted molar refractivity (Wildman–Crippen MR) is 105 cm³/mol. The Hall–Kier alpha value is -1.35. The fourth-order valence-electron chi connectivity index (χ4n) is 2.07. The molecule has 8 heteroatoms. The molecule has 132 valence electrons. The first-order valence-corrected chi connectivity index (χ1v) is 7.69. The number of benzene rings is 1. The Morgan fingerprint density at radius 2 is 2.08 bits per heavy atom. The second-order valence-electron chi connectivity index (χ2n) is 5.05. The first-order chi connectivity index (χ1) is 11.0. The zero-order valence-electron chi connectivity index (χ0n) is 13.8. The topological polar surface area (TPSA) is 62.5 Å². The van der Waals surface area contributed by atoms with Crippen LogP contribution in [0, 0.1) is 19.7 Å². The van der Waals surface area contributed by atoms with E-state index in [1.54, 1.807) is 19.2 Å². The van der Waals surface area contributed by atoms with E-state index in [-0.39, 0.29) is 29.8 Å². The monoisotopic (exact) mass is 466 g/mol. The van der Waals surface area contributed by atoms with Crippen molar-refractivity contribution < 1.29 is 8.81 Å². The number of aryl methyl sites for hydroxylation is 2. The first-order valence-electron chi connectivity index (χ1n) is 7.31. The van der Waals surface area contributed by atoms with Crippen LogP contribution in [-0.4, -0.2) is 24.5 Å². The molecule has 1 heterocycles. The SMILES string of the molecule is CN=C(NCCc1c(F)cccc1Cl)NCc1nc(C)c(C)o1.I. The minimum absolute atomic E-state index is 0. The minimum Gasteiger partial charge on any atom is -0.444 e. The summed E-state index contributed by atoms with van der Waals surface area (Å²) in [5.41, 5.74) is 1.37. The van der Waals surface area contributed by atoms with E-state index >= 15 is 0 Å². The zero-order chi connectivity index (χ0) is 16.8. The van der Waals surface area contributed by atoms with Gasteiger partial charge in [0.25, 0.3) is 0 Å². The second-order valence-corrected chi connectivity index (χ2v) is 5.46. The van der Waals surface area contributed by atoms with Crippen molar-refractivity contribution in [2.75, 3.05) is 13.6 Å². The van der Waals surface area contributed by atoms with E-state index in [2.05, 4.69) is 20.6 Å². The number of nitrogens with one attached hydrogen (secondary N) is 2. The van der Waals surface area contributed by atoms with Crippen molar-refractivity contribution in [3.63, 3.8) is 0 Å². The van der Waals surface area contributed by atoms with E-state index in [1.165, 1.54) is 6.07 Å². The Bertz CT molecular complexity index is 666. The molecule has 0 fully saturated rings. The second kappa shape index (κ2) is 9.83. The van der Waals surface area contributed by atoms with Gasteiger partial charge in [-0.2, -0.15) is 0 Å². The lowest BCUT2D eigenvalue weighted by Gasteiger charge is -2.11. The normalized spacial score (nSPS) is 11.1. The van der Waals surface area contributed by atoms with Crippen LogP contribution < -0.4 is 10.6 Å². The molecule has 0 aliphatic heterocycles. The molecular formula is C16H21ClFIN4O. The van der Waals surface area contributed by atoms with Crippen molar-refractivity contribution in [1.29, 1.82) is 0 Å². The maximum absolute atomic E-state index is 13.7. The van der Waals surface area contributed by atoms with Crippen molar-refractivity contribution in [3.05, 3.63) is 51.9 Å². The van der Waals surface area contributed by atoms with Crippen molar-refractivity contribution >= 4 is 41.5 Å². The van der Waals surface area contributed by atoms with Gasteiger partial charge in [-0.3, -0.25) is 4.99 Å². The number of rotatable bonds is 5. The first kappa shape index (κ1) is 20.7. The fraction of sp³-hybridized carbons (Fsp3) is 0.375. The highest BCUT2D eigenvalue weighted by Gasteiger charge is 2.08. The highest BCUT2D eigenvalue weighted by Crippen LogP contribution is 2.18. The predicted octanol–water partition coefficient (Wildman–Crippen LogP) is 3.61. The van der Waals surface area contributed by atoms with Gasteiger partial charge < -0.3 is 15.1 Å². The van der Waals surface area contributed by atoms with Gasteiger partial charge in [0.1, 0.15) is 11.6 Å². The Kier molecular flexibility index (Phi) is 8.47. The molecule has 0 saturated carbocycles. The number of oxazole rings is 1. The Morgan fingerprint density at radius 1 is 1.33 bits per heavy atom. The summed E-state index contributed by atoms with van der Waals surface area (Å²) in [4.78, 5) is 8.40. The third-order valence-corrected chi connectivity index (χ3v) is 3.79. The van der Waals surface area contributed by atoms with Gasteiger partial charge in [0.15, 0.2) is 5.96 Å². The van der Waals surface area contributed by atoms with Crippen LogP contribution in [0.1, 0.15) is 22.9 Å². The molecule has 2 N–H and O–H groups in total. The van der Waals surface area contributed by atoms with Gasteiger partial charge in [-0.1, -0.05) is 17.7 Å². The summed E-state index contributed by atoms with van der Waals surface area (Å²) < 4.78 is 19.2. The molecule has 0 radical (unpaired) electrons. The van der Waals surface area contributed by atoms with Gasteiger partial charge in [0, 0.05) is 24.2 Å².